The van der Waals surface area contributed by atoms with Crippen molar-refractivity contribution in [3.63, 3.8) is 0 Å². The van der Waals surface area contributed by atoms with E-state index in [1.807, 2.05) is 0 Å². The SMILES string of the molecule is COC1C(n2cc(-c3cc(F)c(F)c(F)c3)nn2)[C@@H](O)C(CO)O[C@@H]1Sc1cc(Cl)cnc1C(=O)N1CCC1. The highest BCUT2D eigenvalue weighted by Gasteiger charge is 2.48. The predicted molar refractivity (Wildman–Crippen MR) is 133 cm³/mol. The number of likely N-dealkylation sites (tertiary alicyclic amines) is 1. The van der Waals surface area contributed by atoms with Crippen molar-refractivity contribution in [3.8, 4) is 11.3 Å². The molecule has 15 heteroatoms. The molecule has 5 atom stereocenters. The number of hydrogen-bond acceptors (Lipinski definition) is 9. The lowest BCUT2D eigenvalue weighted by Crippen LogP contribution is -2.55. The van der Waals surface area contributed by atoms with Crippen molar-refractivity contribution in [3.05, 3.63) is 58.8 Å². The number of aliphatic hydroxyl groups excluding tert-OH is 2. The van der Waals surface area contributed by atoms with E-state index < -0.39 is 53.8 Å². The van der Waals surface area contributed by atoms with Gasteiger partial charge in [-0.2, -0.15) is 0 Å². The molecule has 2 saturated heterocycles. The van der Waals surface area contributed by atoms with Crippen LogP contribution in [0.4, 0.5) is 13.2 Å². The first-order chi connectivity index (χ1) is 18.7. The van der Waals surface area contributed by atoms with E-state index in [0.29, 0.717) is 18.0 Å². The van der Waals surface area contributed by atoms with Crippen molar-refractivity contribution in [1.82, 2.24) is 24.9 Å². The molecule has 2 N–H and O–H groups in total. The number of hydrogen-bond donors (Lipinski definition) is 2. The van der Waals surface area contributed by atoms with Gasteiger partial charge in [0.1, 0.15) is 41.2 Å². The zero-order valence-corrected chi connectivity index (χ0v) is 21.9. The van der Waals surface area contributed by atoms with E-state index in [2.05, 4.69) is 15.3 Å². The Morgan fingerprint density at radius 2 is 1.97 bits per heavy atom. The van der Waals surface area contributed by atoms with E-state index in [9.17, 15) is 28.2 Å². The molecule has 3 unspecified atom stereocenters. The molecule has 0 aliphatic carbocycles. The number of rotatable bonds is 7. The number of aromatic nitrogens is 4. The van der Waals surface area contributed by atoms with E-state index in [1.54, 1.807) is 11.0 Å². The molecule has 2 aliphatic heterocycles. The van der Waals surface area contributed by atoms with Crippen LogP contribution in [-0.4, -0.2) is 91.6 Å². The van der Waals surface area contributed by atoms with Crippen LogP contribution in [0.25, 0.3) is 11.3 Å². The molecular formula is C24H23ClF3N5O5S. The van der Waals surface area contributed by atoms with Crippen LogP contribution in [0.3, 0.4) is 0 Å². The minimum Gasteiger partial charge on any atom is -0.394 e. The standard InChI is InChI=1S/C24H23ClF3N5O5S/c1-37-22-20(33-9-15(30-31-33)11-5-13(26)18(28)14(27)6-11)21(35)16(10-34)38-24(22)39-17-7-12(25)8-29-19(17)23(36)32-3-2-4-32/h5-9,16,20-22,24,34-35H,2-4,10H2,1H3/t16?,20?,21-,22?,24+/m0/s1. The molecule has 0 saturated carbocycles. The molecule has 39 heavy (non-hydrogen) atoms. The third-order valence-corrected chi connectivity index (χ3v) is 7.98. The molecule has 2 fully saturated rings. The molecular weight excluding hydrogens is 563 g/mol. The molecule has 4 heterocycles. The summed E-state index contributed by atoms with van der Waals surface area (Å²) in [5, 5.41) is 29.2. The lowest BCUT2D eigenvalue weighted by molar-refractivity contribution is -0.186. The van der Waals surface area contributed by atoms with Crippen molar-refractivity contribution in [1.29, 1.82) is 0 Å². The second kappa shape index (κ2) is 11.4. The van der Waals surface area contributed by atoms with E-state index in [1.165, 1.54) is 24.2 Å². The summed E-state index contributed by atoms with van der Waals surface area (Å²) in [6, 6.07) is 2.14. The van der Waals surface area contributed by atoms with E-state index in [0.717, 1.165) is 30.3 Å². The largest absolute Gasteiger partial charge is 0.394 e. The Labute approximate surface area is 229 Å². The summed E-state index contributed by atoms with van der Waals surface area (Å²) in [5.74, 6) is -4.66. The number of amides is 1. The number of aliphatic hydroxyl groups is 2. The number of pyridine rings is 1. The smallest absolute Gasteiger partial charge is 0.273 e. The Bertz CT molecular complexity index is 1360. The summed E-state index contributed by atoms with van der Waals surface area (Å²) >= 11 is 7.26. The third kappa shape index (κ3) is 5.36. The summed E-state index contributed by atoms with van der Waals surface area (Å²) in [5.41, 5.74) is -0.782. The summed E-state index contributed by atoms with van der Waals surface area (Å²) in [4.78, 5) is 19.3. The lowest BCUT2D eigenvalue weighted by Gasteiger charge is -2.43. The van der Waals surface area contributed by atoms with Crippen molar-refractivity contribution in [2.75, 3.05) is 26.8 Å². The van der Waals surface area contributed by atoms with E-state index in [4.69, 9.17) is 21.1 Å². The van der Waals surface area contributed by atoms with Gasteiger partial charge in [0.2, 0.25) is 0 Å². The molecule has 1 aromatic carbocycles. The van der Waals surface area contributed by atoms with Gasteiger partial charge in [0, 0.05) is 36.9 Å². The minimum absolute atomic E-state index is 0.00701. The highest BCUT2D eigenvalue weighted by atomic mass is 35.5. The predicted octanol–water partition coefficient (Wildman–Crippen LogP) is 2.68. The summed E-state index contributed by atoms with van der Waals surface area (Å²) in [6.07, 6.45) is 0.230. The van der Waals surface area contributed by atoms with Gasteiger partial charge in [-0.15, -0.1) is 5.10 Å². The number of carbonyl (C=O) groups is 1. The lowest BCUT2D eigenvalue weighted by atomic mass is 9.97. The average Bonchev–Trinajstić information content (AvgIpc) is 3.36. The molecule has 1 amide bonds. The molecule has 2 aliphatic rings. The summed E-state index contributed by atoms with van der Waals surface area (Å²) in [6.45, 7) is 0.672. The van der Waals surface area contributed by atoms with Crippen molar-refractivity contribution >= 4 is 29.3 Å². The van der Waals surface area contributed by atoms with Gasteiger partial charge in [0.05, 0.1) is 17.8 Å². The maximum Gasteiger partial charge on any atom is 0.273 e. The second-order valence-corrected chi connectivity index (χ2v) is 10.6. The first-order valence-corrected chi connectivity index (χ1v) is 13.1. The van der Waals surface area contributed by atoms with Crippen molar-refractivity contribution in [2.24, 2.45) is 0 Å². The first kappa shape index (κ1) is 27.8. The molecule has 0 spiro atoms. The number of nitrogens with zero attached hydrogens (tertiary/aromatic N) is 5. The molecule has 2 aromatic heterocycles. The molecule has 3 aromatic rings. The number of methoxy groups -OCH3 is 1. The van der Waals surface area contributed by atoms with Crippen LogP contribution in [0.2, 0.25) is 5.02 Å². The average molecular weight is 586 g/mol. The first-order valence-electron chi connectivity index (χ1n) is 11.9. The van der Waals surface area contributed by atoms with E-state index >= 15 is 0 Å². The highest BCUT2D eigenvalue weighted by molar-refractivity contribution is 8.00. The number of benzene rings is 1. The Balaban J connectivity index is 1.47. The summed E-state index contributed by atoms with van der Waals surface area (Å²) in [7, 11) is 1.38. The molecule has 208 valence electrons. The maximum atomic E-state index is 13.8. The van der Waals surface area contributed by atoms with Crippen LogP contribution in [0.15, 0.2) is 35.5 Å². The Morgan fingerprint density at radius 1 is 1.26 bits per heavy atom. The normalized spacial score (nSPS) is 25.0. The van der Waals surface area contributed by atoms with Gasteiger partial charge < -0.3 is 24.6 Å². The number of halogens is 4. The maximum absolute atomic E-state index is 13.8. The topological polar surface area (TPSA) is 123 Å². The fourth-order valence-corrected chi connectivity index (χ4v) is 5.96. The van der Waals surface area contributed by atoms with Gasteiger partial charge in [-0.05, 0) is 24.6 Å². The quantitative estimate of drug-likeness (QED) is 0.403. The molecule has 0 bridgehead atoms. The number of ether oxygens (including phenoxy) is 2. The Hall–Kier alpha value is -2.75. The van der Waals surface area contributed by atoms with Crippen molar-refractivity contribution in [2.45, 2.75) is 41.1 Å². The number of thioether (sulfide) groups is 1. The Kier molecular flexibility index (Phi) is 8.12. The van der Waals surface area contributed by atoms with Gasteiger partial charge in [-0.1, -0.05) is 28.6 Å². The van der Waals surface area contributed by atoms with Crippen LogP contribution in [0.1, 0.15) is 23.0 Å². The van der Waals surface area contributed by atoms with Gasteiger partial charge in [0.15, 0.2) is 17.5 Å². The zero-order chi connectivity index (χ0) is 27.8. The van der Waals surface area contributed by atoms with Crippen molar-refractivity contribution < 1.29 is 37.7 Å². The van der Waals surface area contributed by atoms with Gasteiger partial charge >= 0.3 is 0 Å². The monoisotopic (exact) mass is 585 g/mol. The minimum atomic E-state index is -1.61. The van der Waals surface area contributed by atoms with Gasteiger partial charge in [-0.25, -0.2) is 22.8 Å². The molecule has 5 rings (SSSR count). The van der Waals surface area contributed by atoms with Crippen LogP contribution in [-0.2, 0) is 9.47 Å². The molecule has 10 nitrogen and oxygen atoms in total. The van der Waals surface area contributed by atoms with Crippen LogP contribution in [0, 0.1) is 17.5 Å². The van der Waals surface area contributed by atoms with E-state index in [-0.39, 0.29) is 27.9 Å². The highest BCUT2D eigenvalue weighted by Crippen LogP contribution is 2.41. The fraction of sp³-hybridized carbons (Fsp3) is 0.417. The zero-order valence-electron chi connectivity index (χ0n) is 20.4. The second-order valence-electron chi connectivity index (χ2n) is 9.01. The van der Waals surface area contributed by atoms with Gasteiger partial charge in [-0.3, -0.25) is 4.79 Å². The third-order valence-electron chi connectivity index (χ3n) is 6.60. The van der Waals surface area contributed by atoms with Crippen LogP contribution >= 0.6 is 23.4 Å². The number of carbonyl (C=O) groups excluding carboxylic acids is 1. The summed E-state index contributed by atoms with van der Waals surface area (Å²) < 4.78 is 53.9. The molecule has 0 radical (unpaired) electrons. The Morgan fingerprint density at radius 3 is 2.59 bits per heavy atom. The fourth-order valence-electron chi connectivity index (χ4n) is 4.43. The van der Waals surface area contributed by atoms with Gasteiger partial charge in [0.25, 0.3) is 5.91 Å². The van der Waals surface area contributed by atoms with Crippen LogP contribution < -0.4 is 0 Å². The van der Waals surface area contributed by atoms with Crippen LogP contribution in [0.5, 0.6) is 0 Å².